The number of rotatable bonds is 3. The molecule has 5 rings (SSSR count). The highest BCUT2D eigenvalue weighted by Crippen LogP contribution is 2.41. The summed E-state index contributed by atoms with van der Waals surface area (Å²) in [6, 6.07) is 15.8. The maximum atomic E-state index is 13.0. The van der Waals surface area contributed by atoms with E-state index in [4.69, 9.17) is 18.6 Å². The molecule has 0 N–H and O–H groups in total. The van der Waals surface area contributed by atoms with Gasteiger partial charge >= 0.3 is 0 Å². The molecular formula is C23H23NO6S. The first-order valence-corrected chi connectivity index (χ1v) is 11.5. The van der Waals surface area contributed by atoms with Gasteiger partial charge in [0, 0.05) is 10.9 Å². The van der Waals surface area contributed by atoms with Crippen LogP contribution in [-0.4, -0.2) is 33.0 Å². The van der Waals surface area contributed by atoms with Gasteiger partial charge in [-0.1, -0.05) is 35.9 Å². The van der Waals surface area contributed by atoms with Crippen molar-refractivity contribution in [3.63, 3.8) is 0 Å². The quantitative estimate of drug-likeness (QED) is 0.617. The van der Waals surface area contributed by atoms with E-state index in [2.05, 4.69) is 4.40 Å². The van der Waals surface area contributed by atoms with Gasteiger partial charge in [-0.05, 0) is 45.0 Å². The second-order valence-electron chi connectivity index (χ2n) is 8.32. The zero-order valence-electron chi connectivity index (χ0n) is 17.4. The van der Waals surface area contributed by atoms with Crippen molar-refractivity contribution in [2.75, 3.05) is 6.61 Å². The van der Waals surface area contributed by atoms with E-state index in [1.54, 1.807) is 18.2 Å². The van der Waals surface area contributed by atoms with Crippen molar-refractivity contribution < 1.29 is 27.0 Å². The van der Waals surface area contributed by atoms with Gasteiger partial charge in [-0.25, -0.2) is 0 Å². The highest BCUT2D eigenvalue weighted by atomic mass is 32.2. The van der Waals surface area contributed by atoms with Crippen molar-refractivity contribution in [2.24, 2.45) is 4.40 Å². The fraction of sp³-hybridized carbons (Fsp3) is 0.348. The second kappa shape index (κ2) is 7.27. The fourth-order valence-electron chi connectivity index (χ4n) is 4.04. The average Bonchev–Trinajstić information content (AvgIpc) is 3.22. The molecule has 2 aromatic carbocycles. The molecule has 3 aromatic rings. The van der Waals surface area contributed by atoms with Crippen molar-refractivity contribution in [2.45, 2.75) is 49.8 Å². The summed E-state index contributed by atoms with van der Waals surface area (Å²) < 4.78 is 54.0. The van der Waals surface area contributed by atoms with E-state index < -0.39 is 21.9 Å². The van der Waals surface area contributed by atoms with Gasteiger partial charge in [-0.15, -0.1) is 4.40 Å². The Morgan fingerprint density at radius 3 is 2.55 bits per heavy atom. The van der Waals surface area contributed by atoms with Crippen molar-refractivity contribution >= 4 is 21.0 Å². The monoisotopic (exact) mass is 441 g/mol. The Balaban J connectivity index is 1.67. The van der Waals surface area contributed by atoms with Crippen LogP contribution in [0.3, 0.4) is 0 Å². The number of nitrogens with zero attached hydrogens (tertiary/aromatic N) is 1. The van der Waals surface area contributed by atoms with Crippen molar-refractivity contribution in [3.8, 4) is 0 Å². The minimum absolute atomic E-state index is 0.0155. The SMILES string of the molecule is Cc1ccc(S(=O)(=O)/N=c2/oc3ccccc3cc2[C@H]2OC[C@H]3OC(C)(C)O[C@@H]23)cc1. The van der Waals surface area contributed by atoms with Crippen LogP contribution in [-0.2, 0) is 24.2 Å². The first-order valence-electron chi connectivity index (χ1n) is 10.1. The zero-order valence-corrected chi connectivity index (χ0v) is 18.3. The molecule has 0 saturated carbocycles. The van der Waals surface area contributed by atoms with Crippen molar-refractivity contribution in [3.05, 3.63) is 71.3 Å². The predicted octanol–water partition coefficient (Wildman–Crippen LogP) is 3.62. The first kappa shape index (κ1) is 20.4. The minimum Gasteiger partial charge on any atom is -0.437 e. The number of sulfonamides is 1. The van der Waals surface area contributed by atoms with Crippen LogP contribution in [0.1, 0.15) is 31.1 Å². The third-order valence-corrected chi connectivity index (χ3v) is 6.75. The van der Waals surface area contributed by atoms with Crippen LogP contribution in [0.2, 0.25) is 0 Å². The van der Waals surface area contributed by atoms with E-state index >= 15 is 0 Å². The zero-order chi connectivity index (χ0) is 21.8. The molecule has 2 aliphatic rings. The summed E-state index contributed by atoms with van der Waals surface area (Å²) in [5.74, 6) is -0.739. The lowest BCUT2D eigenvalue weighted by Crippen LogP contribution is -2.28. The molecule has 3 atom stereocenters. The summed E-state index contributed by atoms with van der Waals surface area (Å²) in [5, 5.41) is 0.814. The smallest absolute Gasteiger partial charge is 0.285 e. The van der Waals surface area contributed by atoms with Gasteiger partial charge in [0.2, 0.25) is 5.55 Å². The van der Waals surface area contributed by atoms with Crippen LogP contribution >= 0.6 is 0 Å². The Hall–Kier alpha value is -2.52. The lowest BCUT2D eigenvalue weighted by atomic mass is 10.0. The molecule has 2 saturated heterocycles. The third-order valence-electron chi connectivity index (χ3n) is 5.47. The summed E-state index contributed by atoms with van der Waals surface area (Å²) in [4.78, 5) is 0.0965. The van der Waals surface area contributed by atoms with Gasteiger partial charge in [0.05, 0.1) is 11.5 Å². The average molecular weight is 442 g/mol. The van der Waals surface area contributed by atoms with Gasteiger partial charge in [-0.3, -0.25) is 0 Å². The fourth-order valence-corrected chi connectivity index (χ4v) is 4.99. The van der Waals surface area contributed by atoms with Gasteiger partial charge in [-0.2, -0.15) is 8.42 Å². The van der Waals surface area contributed by atoms with Gasteiger partial charge in [0.25, 0.3) is 10.0 Å². The van der Waals surface area contributed by atoms with E-state index in [1.807, 2.05) is 45.0 Å². The highest BCUT2D eigenvalue weighted by molar-refractivity contribution is 7.90. The number of benzene rings is 2. The summed E-state index contributed by atoms with van der Waals surface area (Å²) in [5.41, 5.74) is 1.99. The number of aryl methyl sites for hydroxylation is 1. The number of hydrogen-bond acceptors (Lipinski definition) is 6. The van der Waals surface area contributed by atoms with Crippen LogP contribution in [0.5, 0.6) is 0 Å². The number of hydrogen-bond donors (Lipinski definition) is 0. The van der Waals surface area contributed by atoms with Crippen LogP contribution in [0.25, 0.3) is 11.0 Å². The van der Waals surface area contributed by atoms with E-state index in [-0.39, 0.29) is 22.7 Å². The molecule has 162 valence electrons. The molecule has 31 heavy (non-hydrogen) atoms. The topological polar surface area (TPSA) is 87.3 Å². The maximum Gasteiger partial charge on any atom is 0.285 e. The van der Waals surface area contributed by atoms with E-state index in [0.717, 1.165) is 10.9 Å². The Morgan fingerprint density at radius 2 is 1.77 bits per heavy atom. The summed E-state index contributed by atoms with van der Waals surface area (Å²) in [6.45, 7) is 5.93. The van der Waals surface area contributed by atoms with E-state index in [1.165, 1.54) is 12.1 Å². The lowest BCUT2D eigenvalue weighted by Gasteiger charge is -2.22. The highest BCUT2D eigenvalue weighted by Gasteiger charge is 2.51. The van der Waals surface area contributed by atoms with Crippen molar-refractivity contribution in [1.82, 2.24) is 0 Å². The van der Waals surface area contributed by atoms with E-state index in [0.29, 0.717) is 17.8 Å². The summed E-state index contributed by atoms with van der Waals surface area (Å²) >= 11 is 0. The van der Waals surface area contributed by atoms with Crippen LogP contribution in [0, 0.1) is 6.92 Å². The molecule has 0 unspecified atom stereocenters. The number of ether oxygens (including phenoxy) is 3. The van der Waals surface area contributed by atoms with Crippen LogP contribution < -0.4 is 5.55 Å². The normalized spacial score (nSPS) is 25.8. The summed E-state index contributed by atoms with van der Waals surface area (Å²) in [6.07, 6.45) is -1.19. The standard InChI is InChI=1S/C23H23NO6S/c1-14-8-10-16(11-9-14)31(25,26)24-22-17(12-15-6-4-5-7-18(15)28-22)20-21-19(13-27-20)29-23(2,3)30-21/h4-12,19-21H,13H2,1-3H3/b24-22+/t19-,20-,21-/m1/s1. The molecule has 0 aliphatic carbocycles. The molecule has 0 amide bonds. The van der Waals surface area contributed by atoms with Crippen molar-refractivity contribution in [1.29, 1.82) is 0 Å². The third kappa shape index (κ3) is 3.80. The molecule has 2 aliphatic heterocycles. The molecule has 0 spiro atoms. The maximum absolute atomic E-state index is 13.0. The molecule has 7 nitrogen and oxygen atoms in total. The molecule has 1 aromatic heterocycles. The number of para-hydroxylation sites is 1. The molecule has 0 radical (unpaired) electrons. The Morgan fingerprint density at radius 1 is 1.03 bits per heavy atom. The Bertz CT molecular complexity index is 1310. The van der Waals surface area contributed by atoms with Gasteiger partial charge < -0.3 is 18.6 Å². The lowest BCUT2D eigenvalue weighted by molar-refractivity contribution is -0.175. The second-order valence-corrected chi connectivity index (χ2v) is 9.92. The Kier molecular flexibility index (Phi) is 4.78. The van der Waals surface area contributed by atoms with Crippen LogP contribution in [0.4, 0.5) is 0 Å². The largest absolute Gasteiger partial charge is 0.437 e. The van der Waals surface area contributed by atoms with Gasteiger partial charge in [0.1, 0.15) is 23.9 Å². The molecule has 3 heterocycles. The first-order chi connectivity index (χ1) is 14.7. The van der Waals surface area contributed by atoms with E-state index in [9.17, 15) is 8.42 Å². The van der Waals surface area contributed by atoms with Gasteiger partial charge in [0.15, 0.2) is 5.79 Å². The van der Waals surface area contributed by atoms with Crippen LogP contribution in [0.15, 0.2) is 68.3 Å². The number of fused-ring (bicyclic) bond motifs is 2. The minimum atomic E-state index is -3.99. The molecule has 2 fully saturated rings. The Labute approximate surface area is 180 Å². The molecule has 0 bridgehead atoms. The summed E-state index contributed by atoms with van der Waals surface area (Å²) in [7, 11) is -3.99. The molecule has 8 heteroatoms. The predicted molar refractivity (Wildman–Crippen MR) is 113 cm³/mol. The molecular weight excluding hydrogens is 418 g/mol.